The zero-order valence-corrected chi connectivity index (χ0v) is 18.0. The molecule has 0 spiro atoms. The zero-order valence-electron chi connectivity index (χ0n) is 18.0. The Morgan fingerprint density at radius 3 is 2.57 bits per heavy atom. The Morgan fingerprint density at radius 1 is 1.13 bits per heavy atom. The van der Waals surface area contributed by atoms with Gasteiger partial charge in [-0.3, -0.25) is 4.79 Å². The second-order valence-corrected chi connectivity index (χ2v) is 7.64. The number of rotatable bonds is 9. The minimum Gasteiger partial charge on any atom is -0.489 e. The van der Waals surface area contributed by atoms with Gasteiger partial charge in [0.15, 0.2) is 0 Å². The highest BCUT2D eigenvalue weighted by molar-refractivity contribution is 5.94. The lowest BCUT2D eigenvalue weighted by atomic mass is 10.0. The maximum atomic E-state index is 12.7. The van der Waals surface area contributed by atoms with Gasteiger partial charge in [0.1, 0.15) is 18.1 Å². The molecule has 1 heterocycles. The van der Waals surface area contributed by atoms with Crippen LogP contribution < -0.4 is 10.1 Å². The Balaban J connectivity index is 1.58. The molecule has 6 nitrogen and oxygen atoms in total. The van der Waals surface area contributed by atoms with Crippen molar-refractivity contribution in [1.29, 1.82) is 0 Å². The summed E-state index contributed by atoms with van der Waals surface area (Å²) in [6, 6.07) is 17.7. The van der Waals surface area contributed by atoms with Gasteiger partial charge in [0.2, 0.25) is 0 Å². The number of amides is 1. The summed E-state index contributed by atoms with van der Waals surface area (Å²) < 4.78 is 11.0. The van der Waals surface area contributed by atoms with E-state index in [1.807, 2.05) is 58.3 Å². The predicted molar refractivity (Wildman–Crippen MR) is 117 cm³/mol. The first-order chi connectivity index (χ1) is 14.4. The van der Waals surface area contributed by atoms with Crippen molar-refractivity contribution in [2.75, 3.05) is 20.6 Å². The summed E-state index contributed by atoms with van der Waals surface area (Å²) in [5.41, 5.74) is 3.57. The van der Waals surface area contributed by atoms with Crippen LogP contribution in [0.3, 0.4) is 0 Å². The van der Waals surface area contributed by atoms with Crippen molar-refractivity contribution in [2.45, 2.75) is 32.9 Å². The predicted octanol–water partition coefficient (Wildman–Crippen LogP) is 3.77. The molecule has 0 saturated carbocycles. The molecule has 1 unspecified atom stereocenters. The van der Waals surface area contributed by atoms with E-state index >= 15 is 0 Å². The average molecular weight is 408 g/mol. The molecule has 0 aliphatic heterocycles. The fourth-order valence-electron chi connectivity index (χ4n) is 3.23. The van der Waals surface area contributed by atoms with Gasteiger partial charge < -0.3 is 19.5 Å². The Hall–Kier alpha value is -3.12. The third kappa shape index (κ3) is 5.70. The van der Waals surface area contributed by atoms with Gasteiger partial charge in [-0.05, 0) is 58.1 Å². The standard InChI is InChI=1S/C24H29N3O3/c1-17-23(18(2)30-26-17)16-29-22-12-8-11-20(14-22)24(28)25-15-21(27(3)4)13-19-9-6-5-7-10-19/h5-12,14,21H,13,15-16H2,1-4H3,(H,25,28). The molecule has 1 atom stereocenters. The molecule has 0 bridgehead atoms. The van der Waals surface area contributed by atoms with Gasteiger partial charge in [-0.1, -0.05) is 41.6 Å². The molecular formula is C24H29N3O3. The smallest absolute Gasteiger partial charge is 0.251 e. The second-order valence-electron chi connectivity index (χ2n) is 7.64. The third-order valence-corrected chi connectivity index (χ3v) is 5.20. The van der Waals surface area contributed by atoms with E-state index in [4.69, 9.17) is 9.26 Å². The van der Waals surface area contributed by atoms with E-state index in [1.54, 1.807) is 12.1 Å². The lowest BCUT2D eigenvalue weighted by molar-refractivity contribution is 0.0941. The first kappa shape index (κ1) is 21.6. The molecule has 0 saturated heterocycles. The van der Waals surface area contributed by atoms with Gasteiger partial charge in [0.25, 0.3) is 5.91 Å². The number of aryl methyl sites for hydroxylation is 2. The summed E-state index contributed by atoms with van der Waals surface area (Å²) in [5.74, 6) is 1.27. The van der Waals surface area contributed by atoms with Crippen LogP contribution in [0.4, 0.5) is 0 Å². The normalized spacial score (nSPS) is 12.0. The van der Waals surface area contributed by atoms with Crippen LogP contribution in [0.25, 0.3) is 0 Å². The molecule has 0 aliphatic carbocycles. The quantitative estimate of drug-likeness (QED) is 0.585. The minimum atomic E-state index is -0.113. The van der Waals surface area contributed by atoms with Crippen LogP contribution in [0.15, 0.2) is 59.1 Å². The van der Waals surface area contributed by atoms with Gasteiger partial charge in [0, 0.05) is 18.2 Å². The number of ether oxygens (including phenoxy) is 1. The number of benzene rings is 2. The largest absolute Gasteiger partial charge is 0.489 e. The molecule has 0 aliphatic rings. The molecule has 1 aromatic heterocycles. The molecule has 158 valence electrons. The van der Waals surface area contributed by atoms with Crippen molar-refractivity contribution >= 4 is 5.91 Å². The Labute approximate surface area is 177 Å². The highest BCUT2D eigenvalue weighted by Crippen LogP contribution is 2.18. The van der Waals surface area contributed by atoms with E-state index in [0.29, 0.717) is 24.5 Å². The summed E-state index contributed by atoms with van der Waals surface area (Å²) in [6.07, 6.45) is 0.870. The van der Waals surface area contributed by atoms with Crippen molar-refractivity contribution in [3.05, 3.63) is 82.7 Å². The number of likely N-dealkylation sites (N-methyl/N-ethyl adjacent to an activating group) is 1. The van der Waals surface area contributed by atoms with Crippen LogP contribution in [0, 0.1) is 13.8 Å². The fourth-order valence-corrected chi connectivity index (χ4v) is 3.23. The number of carbonyl (C=O) groups is 1. The van der Waals surface area contributed by atoms with Gasteiger partial charge in [-0.15, -0.1) is 0 Å². The van der Waals surface area contributed by atoms with Crippen molar-refractivity contribution in [3.8, 4) is 5.75 Å². The van der Waals surface area contributed by atoms with Crippen molar-refractivity contribution in [1.82, 2.24) is 15.4 Å². The monoisotopic (exact) mass is 407 g/mol. The molecule has 2 aromatic carbocycles. The molecule has 0 radical (unpaired) electrons. The maximum Gasteiger partial charge on any atom is 0.251 e. The van der Waals surface area contributed by atoms with E-state index in [-0.39, 0.29) is 11.9 Å². The minimum absolute atomic E-state index is 0.113. The van der Waals surface area contributed by atoms with Gasteiger partial charge in [-0.25, -0.2) is 0 Å². The molecule has 3 rings (SSSR count). The van der Waals surface area contributed by atoms with E-state index in [1.165, 1.54) is 5.56 Å². The SMILES string of the molecule is Cc1noc(C)c1COc1cccc(C(=O)NCC(Cc2ccccc2)N(C)C)c1. The molecule has 6 heteroatoms. The summed E-state index contributed by atoms with van der Waals surface area (Å²) in [5, 5.41) is 6.99. The molecule has 3 aromatic rings. The van der Waals surface area contributed by atoms with Crippen LogP contribution in [0.1, 0.15) is 32.9 Å². The first-order valence-electron chi connectivity index (χ1n) is 10.1. The number of nitrogens with one attached hydrogen (secondary N) is 1. The van der Waals surface area contributed by atoms with Crippen LogP contribution in [-0.4, -0.2) is 42.6 Å². The highest BCUT2D eigenvalue weighted by Gasteiger charge is 2.15. The van der Waals surface area contributed by atoms with Crippen molar-refractivity contribution in [3.63, 3.8) is 0 Å². The number of aromatic nitrogens is 1. The molecule has 0 fully saturated rings. The zero-order chi connectivity index (χ0) is 21.5. The van der Waals surface area contributed by atoms with E-state index in [9.17, 15) is 4.79 Å². The Morgan fingerprint density at radius 2 is 1.90 bits per heavy atom. The Kier molecular flexibility index (Phi) is 7.25. The molecule has 1 amide bonds. The number of nitrogens with zero attached hydrogens (tertiary/aromatic N) is 2. The summed E-state index contributed by atoms with van der Waals surface area (Å²) in [6.45, 7) is 4.66. The van der Waals surface area contributed by atoms with Crippen molar-refractivity contribution < 1.29 is 14.1 Å². The van der Waals surface area contributed by atoms with E-state index in [0.717, 1.165) is 23.4 Å². The van der Waals surface area contributed by atoms with Gasteiger partial charge >= 0.3 is 0 Å². The average Bonchev–Trinajstić information content (AvgIpc) is 3.07. The lowest BCUT2D eigenvalue weighted by Gasteiger charge is -2.25. The lowest BCUT2D eigenvalue weighted by Crippen LogP contribution is -2.41. The first-order valence-corrected chi connectivity index (χ1v) is 10.1. The third-order valence-electron chi connectivity index (χ3n) is 5.20. The van der Waals surface area contributed by atoms with Crippen LogP contribution in [0.5, 0.6) is 5.75 Å². The second kappa shape index (κ2) is 10.1. The summed E-state index contributed by atoms with van der Waals surface area (Å²) >= 11 is 0. The van der Waals surface area contributed by atoms with Crippen LogP contribution in [-0.2, 0) is 13.0 Å². The van der Waals surface area contributed by atoms with Gasteiger partial charge in [0.05, 0.1) is 11.3 Å². The molecular weight excluding hydrogens is 378 g/mol. The highest BCUT2D eigenvalue weighted by atomic mass is 16.5. The van der Waals surface area contributed by atoms with E-state index in [2.05, 4.69) is 27.5 Å². The molecule has 1 N–H and O–H groups in total. The number of hydrogen-bond acceptors (Lipinski definition) is 5. The number of hydrogen-bond donors (Lipinski definition) is 1. The fraction of sp³-hybridized carbons (Fsp3) is 0.333. The number of carbonyl (C=O) groups excluding carboxylic acids is 1. The van der Waals surface area contributed by atoms with Gasteiger partial charge in [-0.2, -0.15) is 0 Å². The molecule has 30 heavy (non-hydrogen) atoms. The van der Waals surface area contributed by atoms with Crippen LogP contribution >= 0.6 is 0 Å². The summed E-state index contributed by atoms with van der Waals surface area (Å²) in [7, 11) is 4.06. The van der Waals surface area contributed by atoms with E-state index < -0.39 is 0 Å². The topological polar surface area (TPSA) is 67.6 Å². The Bertz CT molecular complexity index is 947. The van der Waals surface area contributed by atoms with Crippen LogP contribution in [0.2, 0.25) is 0 Å². The van der Waals surface area contributed by atoms with Crippen molar-refractivity contribution in [2.24, 2.45) is 0 Å². The summed E-state index contributed by atoms with van der Waals surface area (Å²) in [4.78, 5) is 14.8. The maximum absolute atomic E-state index is 12.7.